The summed E-state index contributed by atoms with van der Waals surface area (Å²) in [6.07, 6.45) is 1.70. The molecule has 0 aromatic heterocycles. The highest BCUT2D eigenvalue weighted by molar-refractivity contribution is 14.1. The van der Waals surface area contributed by atoms with E-state index in [-0.39, 0.29) is 17.7 Å². The Bertz CT molecular complexity index is 974. The minimum Gasteiger partial charge on any atom is -0.493 e. The van der Waals surface area contributed by atoms with Crippen molar-refractivity contribution in [2.24, 2.45) is 0 Å². The zero-order valence-corrected chi connectivity index (χ0v) is 19.9. The molecule has 8 heteroatoms. The number of thioether (sulfide) groups is 1. The van der Waals surface area contributed by atoms with Crippen molar-refractivity contribution in [3.63, 3.8) is 0 Å². The highest BCUT2D eigenvalue weighted by atomic mass is 127. The predicted octanol–water partition coefficient (Wildman–Crippen LogP) is 4.87. The first-order valence-corrected chi connectivity index (χ1v) is 11.1. The number of hydrogen-bond acceptors (Lipinski definition) is 6. The lowest BCUT2D eigenvalue weighted by molar-refractivity contribution is -0.123. The van der Waals surface area contributed by atoms with Crippen molar-refractivity contribution in [1.29, 1.82) is 0 Å². The van der Waals surface area contributed by atoms with Crippen molar-refractivity contribution >= 4 is 51.6 Å². The predicted molar refractivity (Wildman–Crippen MR) is 126 cm³/mol. The molecule has 1 heterocycles. The first-order valence-electron chi connectivity index (χ1n) is 9.23. The zero-order chi connectivity index (χ0) is 21.7. The van der Waals surface area contributed by atoms with Crippen molar-refractivity contribution in [3.8, 4) is 11.5 Å². The van der Waals surface area contributed by atoms with Crippen LogP contribution in [0.1, 0.15) is 16.7 Å². The summed E-state index contributed by atoms with van der Waals surface area (Å²) in [5.74, 6) is 0.901. The maximum absolute atomic E-state index is 12.5. The molecule has 0 unspecified atom stereocenters. The van der Waals surface area contributed by atoms with Crippen LogP contribution in [0.2, 0.25) is 0 Å². The van der Waals surface area contributed by atoms with Crippen molar-refractivity contribution in [2.45, 2.75) is 13.5 Å². The van der Waals surface area contributed by atoms with E-state index in [2.05, 4.69) is 22.6 Å². The van der Waals surface area contributed by atoms with Crippen LogP contribution in [0.15, 0.2) is 41.3 Å². The maximum atomic E-state index is 12.5. The molecule has 0 saturated carbocycles. The molecule has 0 atom stereocenters. The fourth-order valence-electron chi connectivity index (χ4n) is 2.83. The number of ether oxygens (including phenoxy) is 3. The van der Waals surface area contributed by atoms with Crippen LogP contribution >= 0.6 is 34.4 Å². The number of nitrogens with zero attached hydrogens (tertiary/aromatic N) is 1. The number of methoxy groups -OCH3 is 2. The number of rotatable bonds is 8. The van der Waals surface area contributed by atoms with Gasteiger partial charge in [-0.2, -0.15) is 0 Å². The van der Waals surface area contributed by atoms with Gasteiger partial charge in [-0.15, -0.1) is 0 Å². The van der Waals surface area contributed by atoms with Gasteiger partial charge in [-0.25, -0.2) is 0 Å². The number of hydrogen-bond donors (Lipinski definition) is 0. The quantitative estimate of drug-likeness (QED) is 0.353. The topological polar surface area (TPSA) is 65.1 Å². The largest absolute Gasteiger partial charge is 0.493 e. The van der Waals surface area contributed by atoms with Crippen LogP contribution in [0.5, 0.6) is 11.5 Å². The van der Waals surface area contributed by atoms with E-state index in [1.165, 1.54) is 17.6 Å². The van der Waals surface area contributed by atoms with E-state index < -0.39 is 0 Å². The van der Waals surface area contributed by atoms with Gasteiger partial charge in [-0.05, 0) is 70.6 Å². The molecule has 0 spiro atoms. The molecular weight excluding hydrogens is 517 g/mol. The van der Waals surface area contributed by atoms with Crippen LogP contribution < -0.4 is 9.47 Å². The number of benzene rings is 2. The van der Waals surface area contributed by atoms with Gasteiger partial charge in [0.15, 0.2) is 11.5 Å². The summed E-state index contributed by atoms with van der Waals surface area (Å²) < 4.78 is 17.3. The van der Waals surface area contributed by atoms with Crippen LogP contribution in [-0.4, -0.2) is 43.4 Å². The number of aryl methyl sites for hydroxylation is 1. The summed E-state index contributed by atoms with van der Waals surface area (Å²) in [5, 5.41) is -0.289. The third-order valence-corrected chi connectivity index (χ3v) is 6.15. The average molecular weight is 539 g/mol. The summed E-state index contributed by atoms with van der Waals surface area (Å²) in [6, 6.07) is 11.9. The Hall–Kier alpha value is -2.04. The highest BCUT2D eigenvalue weighted by Crippen LogP contribution is 2.37. The molecule has 6 nitrogen and oxygen atoms in total. The molecule has 1 saturated heterocycles. The molecule has 1 aliphatic rings. The second-order valence-electron chi connectivity index (χ2n) is 6.63. The van der Waals surface area contributed by atoms with Gasteiger partial charge >= 0.3 is 0 Å². The Kier molecular flexibility index (Phi) is 7.79. The standard InChI is InChI=1S/C22H22INO5S/c1-14-4-6-15(7-5-14)13-29-20-17(23)10-16(11-18(20)28-3)12-19-21(25)24(8-9-27-2)22(26)30-19/h4-7,10-12H,8-9,13H2,1-3H3/b19-12+. The molecule has 1 fully saturated rings. The van der Waals surface area contributed by atoms with Crippen LogP contribution in [0, 0.1) is 10.5 Å². The number of carbonyl (C=O) groups excluding carboxylic acids is 2. The maximum Gasteiger partial charge on any atom is 0.293 e. The first-order chi connectivity index (χ1) is 14.4. The van der Waals surface area contributed by atoms with Crippen LogP contribution in [0.4, 0.5) is 4.79 Å². The van der Waals surface area contributed by atoms with Crippen molar-refractivity contribution in [2.75, 3.05) is 27.4 Å². The summed E-state index contributed by atoms with van der Waals surface area (Å²) in [6.45, 7) is 3.02. The van der Waals surface area contributed by atoms with E-state index in [9.17, 15) is 9.59 Å². The molecule has 2 aromatic carbocycles. The van der Waals surface area contributed by atoms with Gasteiger partial charge in [0, 0.05) is 7.11 Å². The highest BCUT2D eigenvalue weighted by Gasteiger charge is 2.34. The minimum absolute atomic E-state index is 0.241. The number of carbonyl (C=O) groups is 2. The lowest BCUT2D eigenvalue weighted by atomic mass is 10.1. The Morgan fingerprint density at radius 2 is 1.87 bits per heavy atom. The summed E-state index contributed by atoms with van der Waals surface area (Å²) >= 11 is 3.11. The molecule has 2 aromatic rings. The van der Waals surface area contributed by atoms with Crippen molar-refractivity contribution in [1.82, 2.24) is 4.90 Å². The van der Waals surface area contributed by atoms with Gasteiger partial charge in [0.25, 0.3) is 11.1 Å². The van der Waals surface area contributed by atoms with Crippen LogP contribution in [-0.2, 0) is 16.1 Å². The Balaban J connectivity index is 1.79. The molecule has 0 N–H and O–H groups in total. The smallest absolute Gasteiger partial charge is 0.293 e. The van der Waals surface area contributed by atoms with E-state index in [1.54, 1.807) is 19.3 Å². The molecule has 0 bridgehead atoms. The summed E-state index contributed by atoms with van der Waals surface area (Å²) in [7, 11) is 3.11. The average Bonchev–Trinajstić information content (AvgIpc) is 2.99. The van der Waals surface area contributed by atoms with Gasteiger partial charge in [-0.3, -0.25) is 14.5 Å². The van der Waals surface area contributed by atoms with Crippen molar-refractivity contribution < 1.29 is 23.8 Å². The Morgan fingerprint density at radius 1 is 1.13 bits per heavy atom. The third-order valence-electron chi connectivity index (χ3n) is 4.45. The SMILES string of the molecule is COCCN1C(=O)S/C(=C/c2cc(I)c(OCc3ccc(C)cc3)c(OC)c2)C1=O. The molecule has 2 amide bonds. The molecule has 0 aliphatic carbocycles. The van der Waals surface area contributed by atoms with Gasteiger partial charge in [0.05, 0.1) is 28.7 Å². The molecular formula is C22H22INO5S. The lowest BCUT2D eigenvalue weighted by Crippen LogP contribution is -2.31. The second kappa shape index (κ2) is 10.3. The molecule has 30 heavy (non-hydrogen) atoms. The Morgan fingerprint density at radius 3 is 2.53 bits per heavy atom. The van der Waals surface area contributed by atoms with Crippen molar-refractivity contribution in [3.05, 3.63) is 61.6 Å². The molecule has 0 radical (unpaired) electrons. The summed E-state index contributed by atoms with van der Waals surface area (Å²) in [4.78, 5) is 26.2. The van der Waals surface area contributed by atoms with Gasteiger partial charge in [0.2, 0.25) is 0 Å². The Labute approximate surface area is 193 Å². The van der Waals surface area contributed by atoms with Gasteiger partial charge in [0.1, 0.15) is 6.61 Å². The fraction of sp³-hybridized carbons (Fsp3) is 0.273. The van der Waals surface area contributed by atoms with Gasteiger partial charge < -0.3 is 14.2 Å². The lowest BCUT2D eigenvalue weighted by Gasteiger charge is -2.14. The van der Waals surface area contributed by atoms with E-state index in [4.69, 9.17) is 14.2 Å². The molecule has 158 valence electrons. The monoisotopic (exact) mass is 539 g/mol. The molecule has 1 aliphatic heterocycles. The number of halogens is 1. The van der Waals surface area contributed by atoms with E-state index in [0.29, 0.717) is 29.6 Å². The van der Waals surface area contributed by atoms with Crippen LogP contribution in [0.25, 0.3) is 6.08 Å². The minimum atomic E-state index is -0.310. The van der Waals surface area contributed by atoms with Gasteiger partial charge in [-0.1, -0.05) is 29.8 Å². The normalized spacial score (nSPS) is 15.2. The summed E-state index contributed by atoms with van der Waals surface area (Å²) in [5.41, 5.74) is 3.02. The second-order valence-corrected chi connectivity index (χ2v) is 8.79. The third kappa shape index (κ3) is 5.35. The van der Waals surface area contributed by atoms with E-state index in [0.717, 1.165) is 26.5 Å². The van der Waals surface area contributed by atoms with E-state index >= 15 is 0 Å². The first kappa shape index (κ1) is 22.6. The van der Waals surface area contributed by atoms with E-state index in [1.807, 2.05) is 37.3 Å². The zero-order valence-electron chi connectivity index (χ0n) is 16.9. The van der Waals surface area contributed by atoms with Crippen LogP contribution in [0.3, 0.4) is 0 Å². The number of imide groups is 1. The fourth-order valence-corrected chi connectivity index (χ4v) is 4.48. The molecule has 3 rings (SSSR count). The number of amides is 2.